The quantitative estimate of drug-likeness (QED) is 0.659. The summed E-state index contributed by atoms with van der Waals surface area (Å²) in [6.07, 6.45) is 1.99. The molecule has 0 unspecified atom stereocenters. The summed E-state index contributed by atoms with van der Waals surface area (Å²) in [5, 5.41) is 18.4. The number of aliphatic hydroxyl groups is 2. The molecule has 0 saturated carbocycles. The van der Waals surface area contributed by atoms with Crippen molar-refractivity contribution < 1.29 is 14.9 Å². The summed E-state index contributed by atoms with van der Waals surface area (Å²) in [6, 6.07) is 18.4. The molecule has 0 heterocycles. The molecule has 0 spiro atoms. The lowest BCUT2D eigenvalue weighted by Gasteiger charge is -2.26. The Kier molecular flexibility index (Phi) is 8.46. The van der Waals surface area contributed by atoms with Gasteiger partial charge in [-0.1, -0.05) is 42.5 Å². The van der Waals surface area contributed by atoms with Crippen molar-refractivity contribution in [2.24, 2.45) is 0 Å². The minimum absolute atomic E-state index is 0.0876. The Morgan fingerprint density at radius 2 is 1.60 bits per heavy atom. The molecule has 0 aromatic heterocycles. The van der Waals surface area contributed by atoms with Gasteiger partial charge in [-0.2, -0.15) is 0 Å². The second kappa shape index (κ2) is 10.9. The number of benzene rings is 2. The molecule has 2 N–H and O–H groups in total. The van der Waals surface area contributed by atoms with Gasteiger partial charge in [0.1, 0.15) is 12.4 Å². The second-order valence-electron chi connectivity index (χ2n) is 6.31. The van der Waals surface area contributed by atoms with Crippen molar-refractivity contribution in [3.05, 3.63) is 65.7 Å². The molecule has 1 atom stereocenters. The van der Waals surface area contributed by atoms with E-state index in [1.807, 2.05) is 37.3 Å². The molecular formula is C21H29NO3. The third-order valence-corrected chi connectivity index (χ3v) is 4.36. The van der Waals surface area contributed by atoms with Crippen LogP contribution in [0.15, 0.2) is 54.6 Å². The maximum Gasteiger partial charge on any atom is 0.119 e. The zero-order chi connectivity index (χ0) is 17.9. The zero-order valence-corrected chi connectivity index (χ0v) is 15.0. The fourth-order valence-corrected chi connectivity index (χ4v) is 2.77. The maximum absolute atomic E-state index is 9.28. The molecule has 25 heavy (non-hydrogen) atoms. The van der Waals surface area contributed by atoms with Gasteiger partial charge < -0.3 is 14.9 Å². The highest BCUT2D eigenvalue weighted by Gasteiger charge is 2.11. The smallest absolute Gasteiger partial charge is 0.119 e. The number of aryl methyl sites for hydroxylation is 1. The Morgan fingerprint density at radius 1 is 0.920 bits per heavy atom. The Bertz CT molecular complexity index is 586. The highest BCUT2D eigenvalue weighted by Crippen LogP contribution is 2.13. The predicted octanol–water partition coefficient (Wildman–Crippen LogP) is 2.87. The Morgan fingerprint density at radius 3 is 2.24 bits per heavy atom. The molecule has 136 valence electrons. The molecule has 4 nitrogen and oxygen atoms in total. The van der Waals surface area contributed by atoms with Gasteiger partial charge in [0.2, 0.25) is 0 Å². The topological polar surface area (TPSA) is 52.9 Å². The summed E-state index contributed by atoms with van der Waals surface area (Å²) < 4.78 is 5.76. The van der Waals surface area contributed by atoms with E-state index in [2.05, 4.69) is 29.2 Å². The highest BCUT2D eigenvalue weighted by molar-refractivity contribution is 5.24. The first kappa shape index (κ1) is 19.4. The van der Waals surface area contributed by atoms with E-state index in [0.29, 0.717) is 13.2 Å². The van der Waals surface area contributed by atoms with Crippen molar-refractivity contribution in [2.75, 3.05) is 26.3 Å². The van der Waals surface area contributed by atoms with Gasteiger partial charge in [0, 0.05) is 12.6 Å². The number of hydrogen-bond acceptors (Lipinski definition) is 4. The van der Waals surface area contributed by atoms with Crippen LogP contribution in [0, 0.1) is 0 Å². The van der Waals surface area contributed by atoms with Crippen LogP contribution in [-0.4, -0.2) is 47.5 Å². The van der Waals surface area contributed by atoms with Gasteiger partial charge in [0.15, 0.2) is 0 Å². The standard InChI is InChI=1S/C21H29NO3/c1-18(16-24)22(14-15-23)13-5-6-19-9-11-20(12-10-19)17-25-21-7-3-2-4-8-21/h2-4,7-12,18,23-24H,5-6,13-17H2,1H3/t18-/m1/s1. The van der Waals surface area contributed by atoms with E-state index in [-0.39, 0.29) is 19.3 Å². The van der Waals surface area contributed by atoms with E-state index in [0.717, 1.165) is 30.7 Å². The fraction of sp³-hybridized carbons (Fsp3) is 0.429. The van der Waals surface area contributed by atoms with Gasteiger partial charge in [-0.3, -0.25) is 4.90 Å². The van der Waals surface area contributed by atoms with Gasteiger partial charge in [0.05, 0.1) is 13.2 Å². The summed E-state index contributed by atoms with van der Waals surface area (Å²) in [5.74, 6) is 0.883. The normalized spacial score (nSPS) is 12.3. The van der Waals surface area contributed by atoms with E-state index in [9.17, 15) is 5.11 Å². The van der Waals surface area contributed by atoms with Crippen LogP contribution in [0.5, 0.6) is 5.75 Å². The van der Waals surface area contributed by atoms with Crippen LogP contribution in [0.4, 0.5) is 0 Å². The van der Waals surface area contributed by atoms with Crippen LogP contribution >= 0.6 is 0 Å². The fourth-order valence-electron chi connectivity index (χ4n) is 2.77. The minimum atomic E-state index is 0.0876. The van der Waals surface area contributed by atoms with Gasteiger partial charge >= 0.3 is 0 Å². The molecule has 0 fully saturated rings. The molecule has 0 aliphatic carbocycles. The molecule has 0 bridgehead atoms. The molecule has 0 amide bonds. The molecular weight excluding hydrogens is 314 g/mol. The van der Waals surface area contributed by atoms with Crippen molar-refractivity contribution in [3.8, 4) is 5.75 Å². The van der Waals surface area contributed by atoms with Crippen LogP contribution in [0.1, 0.15) is 24.5 Å². The molecule has 2 aromatic rings. The van der Waals surface area contributed by atoms with E-state index >= 15 is 0 Å². The predicted molar refractivity (Wildman–Crippen MR) is 101 cm³/mol. The maximum atomic E-state index is 9.28. The summed E-state index contributed by atoms with van der Waals surface area (Å²) in [5.41, 5.74) is 2.45. The van der Waals surface area contributed by atoms with E-state index < -0.39 is 0 Å². The summed E-state index contributed by atoms with van der Waals surface area (Å²) in [7, 11) is 0. The molecule has 2 rings (SSSR count). The van der Waals surface area contributed by atoms with Gasteiger partial charge in [-0.25, -0.2) is 0 Å². The molecule has 0 saturated heterocycles. The first-order chi connectivity index (χ1) is 12.2. The third-order valence-electron chi connectivity index (χ3n) is 4.36. The summed E-state index contributed by atoms with van der Waals surface area (Å²) >= 11 is 0. The van der Waals surface area contributed by atoms with E-state index in [1.165, 1.54) is 5.56 Å². The van der Waals surface area contributed by atoms with Crippen molar-refractivity contribution in [1.82, 2.24) is 4.90 Å². The number of ether oxygens (including phenoxy) is 1. The SMILES string of the molecule is C[C@H](CO)N(CCO)CCCc1ccc(COc2ccccc2)cc1. The van der Waals surface area contributed by atoms with Crippen LogP contribution in [0.3, 0.4) is 0 Å². The number of nitrogens with zero attached hydrogens (tertiary/aromatic N) is 1. The average Bonchev–Trinajstić information content (AvgIpc) is 2.67. The lowest BCUT2D eigenvalue weighted by molar-refractivity contribution is 0.110. The average molecular weight is 343 g/mol. The Balaban J connectivity index is 1.76. The van der Waals surface area contributed by atoms with Crippen molar-refractivity contribution in [3.63, 3.8) is 0 Å². The summed E-state index contributed by atoms with van der Waals surface area (Å²) in [4.78, 5) is 2.13. The van der Waals surface area contributed by atoms with Crippen molar-refractivity contribution >= 4 is 0 Å². The Hall–Kier alpha value is -1.88. The summed E-state index contributed by atoms with van der Waals surface area (Å²) in [6.45, 7) is 4.29. The largest absolute Gasteiger partial charge is 0.489 e. The molecule has 4 heteroatoms. The van der Waals surface area contributed by atoms with Crippen LogP contribution < -0.4 is 4.74 Å². The second-order valence-corrected chi connectivity index (χ2v) is 6.31. The lowest BCUT2D eigenvalue weighted by Crippen LogP contribution is -2.38. The van der Waals surface area contributed by atoms with Crippen LogP contribution in [0.25, 0.3) is 0 Å². The minimum Gasteiger partial charge on any atom is -0.489 e. The molecule has 2 aromatic carbocycles. The molecule has 0 radical (unpaired) electrons. The number of para-hydroxylation sites is 1. The number of aliphatic hydroxyl groups excluding tert-OH is 2. The monoisotopic (exact) mass is 343 g/mol. The number of hydrogen-bond donors (Lipinski definition) is 2. The van der Waals surface area contributed by atoms with E-state index in [4.69, 9.17) is 9.84 Å². The Labute approximate surface area is 150 Å². The van der Waals surface area contributed by atoms with Gasteiger partial charge in [-0.15, -0.1) is 0 Å². The first-order valence-corrected chi connectivity index (χ1v) is 8.94. The van der Waals surface area contributed by atoms with Crippen molar-refractivity contribution in [1.29, 1.82) is 0 Å². The highest BCUT2D eigenvalue weighted by atomic mass is 16.5. The first-order valence-electron chi connectivity index (χ1n) is 8.94. The van der Waals surface area contributed by atoms with Crippen molar-refractivity contribution in [2.45, 2.75) is 32.4 Å². The third kappa shape index (κ3) is 6.86. The van der Waals surface area contributed by atoms with Gasteiger partial charge in [-0.05, 0) is 49.6 Å². The zero-order valence-electron chi connectivity index (χ0n) is 15.0. The molecule has 0 aliphatic heterocycles. The van der Waals surface area contributed by atoms with Crippen LogP contribution in [0.2, 0.25) is 0 Å². The molecule has 0 aliphatic rings. The lowest BCUT2D eigenvalue weighted by atomic mass is 10.1. The van der Waals surface area contributed by atoms with E-state index in [1.54, 1.807) is 0 Å². The van der Waals surface area contributed by atoms with Gasteiger partial charge in [0.25, 0.3) is 0 Å². The number of rotatable bonds is 11. The van der Waals surface area contributed by atoms with Crippen LogP contribution in [-0.2, 0) is 13.0 Å².